The maximum Gasteiger partial charge on any atom is 0.275 e. The fourth-order valence-electron chi connectivity index (χ4n) is 2.45. The Morgan fingerprint density at radius 2 is 2.12 bits per heavy atom. The molecule has 2 aromatic carbocycles. The molecule has 0 saturated carbocycles. The molecule has 1 aromatic heterocycles. The molecule has 0 bridgehead atoms. The van der Waals surface area contributed by atoms with E-state index in [-0.39, 0.29) is 12.5 Å². The number of para-hydroxylation sites is 1. The number of carbonyl (C=O) groups excluding carboxylic acids is 1. The molecule has 2 N–H and O–H groups in total. The monoisotopic (exact) mass is 409 g/mol. The third kappa shape index (κ3) is 3.95. The first-order valence-electron chi connectivity index (χ1n) is 7.87. The molecule has 1 amide bonds. The number of ether oxygens (including phenoxy) is 1. The second kappa shape index (κ2) is 7.89. The van der Waals surface area contributed by atoms with E-state index in [4.69, 9.17) is 11.2 Å². The van der Waals surface area contributed by atoms with Gasteiger partial charge in [-0.1, -0.05) is 40.0 Å². The third-order valence-electron chi connectivity index (χ3n) is 3.74. The highest BCUT2D eigenvalue weighted by Crippen LogP contribution is 2.23. The zero-order valence-electron chi connectivity index (χ0n) is 14.0. The van der Waals surface area contributed by atoms with Crippen LogP contribution in [0.5, 0.6) is 5.75 Å². The van der Waals surface area contributed by atoms with Crippen molar-refractivity contribution in [3.8, 4) is 18.1 Å². The summed E-state index contributed by atoms with van der Waals surface area (Å²) in [7, 11) is 0. The maximum absolute atomic E-state index is 12.5. The van der Waals surface area contributed by atoms with Gasteiger partial charge in [-0.2, -0.15) is 5.10 Å². The summed E-state index contributed by atoms with van der Waals surface area (Å²) in [5.41, 5.74) is 5.43. The van der Waals surface area contributed by atoms with Gasteiger partial charge in [0.1, 0.15) is 12.4 Å². The molecular weight excluding hydrogens is 394 g/mol. The molecular formula is C20H16BrN3O2. The minimum absolute atomic E-state index is 0.0826. The number of carbonyl (C=O) groups is 1. The van der Waals surface area contributed by atoms with Crippen LogP contribution in [0, 0.1) is 12.3 Å². The van der Waals surface area contributed by atoms with Crippen molar-refractivity contribution in [3.05, 3.63) is 64.3 Å². The summed E-state index contributed by atoms with van der Waals surface area (Å²) in [6.45, 7) is 1.90. The van der Waals surface area contributed by atoms with E-state index in [0.29, 0.717) is 17.0 Å². The van der Waals surface area contributed by atoms with E-state index in [1.807, 2.05) is 37.3 Å². The zero-order valence-corrected chi connectivity index (χ0v) is 15.6. The molecule has 3 rings (SSSR count). The summed E-state index contributed by atoms with van der Waals surface area (Å²) in [4.78, 5) is 15.8. The van der Waals surface area contributed by atoms with Gasteiger partial charge >= 0.3 is 0 Å². The average molecular weight is 410 g/mol. The highest BCUT2D eigenvalue weighted by Gasteiger charge is 2.13. The molecule has 5 nitrogen and oxygen atoms in total. The van der Waals surface area contributed by atoms with Crippen LogP contribution in [0.15, 0.2) is 58.1 Å². The van der Waals surface area contributed by atoms with E-state index in [1.165, 1.54) is 0 Å². The number of halogens is 1. The van der Waals surface area contributed by atoms with Gasteiger partial charge < -0.3 is 9.72 Å². The van der Waals surface area contributed by atoms with E-state index in [0.717, 1.165) is 21.1 Å². The first-order valence-corrected chi connectivity index (χ1v) is 8.66. The van der Waals surface area contributed by atoms with Gasteiger partial charge in [-0.05, 0) is 37.3 Å². The van der Waals surface area contributed by atoms with Crippen LogP contribution in [0.25, 0.3) is 10.9 Å². The van der Waals surface area contributed by atoms with E-state index in [9.17, 15) is 4.79 Å². The lowest BCUT2D eigenvalue weighted by molar-refractivity contribution is 0.0951. The Kier molecular flexibility index (Phi) is 5.40. The summed E-state index contributed by atoms with van der Waals surface area (Å²) >= 11 is 3.35. The molecule has 3 aromatic rings. The average Bonchev–Trinajstić information content (AvgIpc) is 3.09. The number of nitrogens with zero attached hydrogens (tertiary/aromatic N) is 1. The van der Waals surface area contributed by atoms with Gasteiger partial charge in [-0.15, -0.1) is 6.42 Å². The SMILES string of the molecule is C#CCOc1ccc(Br)cc1C(=O)NN=C(C)c1cc2ccccc2[nH]1. The van der Waals surface area contributed by atoms with Crippen LogP contribution >= 0.6 is 15.9 Å². The molecule has 130 valence electrons. The van der Waals surface area contributed by atoms with Crippen molar-refractivity contribution in [1.82, 2.24) is 10.4 Å². The highest BCUT2D eigenvalue weighted by molar-refractivity contribution is 9.10. The standard InChI is InChI=1S/C20H16BrN3O2/c1-3-10-26-19-9-8-15(21)12-16(19)20(25)24-23-13(2)18-11-14-6-4-5-7-17(14)22-18/h1,4-9,11-12,22H,10H2,2H3,(H,24,25). The van der Waals surface area contributed by atoms with Gasteiger partial charge in [0.2, 0.25) is 0 Å². The van der Waals surface area contributed by atoms with Crippen molar-refractivity contribution < 1.29 is 9.53 Å². The van der Waals surface area contributed by atoms with Gasteiger partial charge in [0.25, 0.3) is 5.91 Å². The third-order valence-corrected chi connectivity index (χ3v) is 4.24. The first-order chi connectivity index (χ1) is 12.6. The number of benzene rings is 2. The number of amides is 1. The summed E-state index contributed by atoms with van der Waals surface area (Å²) in [5, 5.41) is 5.28. The number of hydrazone groups is 1. The van der Waals surface area contributed by atoms with Gasteiger partial charge in [-0.3, -0.25) is 4.79 Å². The molecule has 0 saturated heterocycles. The zero-order chi connectivity index (χ0) is 18.5. The lowest BCUT2D eigenvalue weighted by Crippen LogP contribution is -2.20. The van der Waals surface area contributed by atoms with Crippen LogP contribution in [0.2, 0.25) is 0 Å². The highest BCUT2D eigenvalue weighted by atomic mass is 79.9. The minimum atomic E-state index is -0.381. The Labute approximate surface area is 159 Å². The number of aromatic nitrogens is 1. The van der Waals surface area contributed by atoms with Crippen LogP contribution in [0.1, 0.15) is 23.0 Å². The predicted molar refractivity (Wildman–Crippen MR) is 106 cm³/mol. The van der Waals surface area contributed by atoms with E-state index < -0.39 is 0 Å². The van der Waals surface area contributed by atoms with Crippen molar-refractivity contribution in [2.45, 2.75) is 6.92 Å². The molecule has 0 unspecified atom stereocenters. The number of fused-ring (bicyclic) bond motifs is 1. The van der Waals surface area contributed by atoms with Crippen LogP contribution in [0.4, 0.5) is 0 Å². The van der Waals surface area contributed by atoms with Crippen molar-refractivity contribution in [2.75, 3.05) is 6.61 Å². The van der Waals surface area contributed by atoms with Crippen LogP contribution in [-0.4, -0.2) is 23.2 Å². The lowest BCUT2D eigenvalue weighted by Gasteiger charge is -2.09. The fraction of sp³-hybridized carbons (Fsp3) is 0.100. The molecule has 0 aliphatic heterocycles. The summed E-state index contributed by atoms with van der Waals surface area (Å²) in [5.74, 6) is 2.41. The second-order valence-corrected chi connectivity index (χ2v) is 6.46. The van der Waals surface area contributed by atoms with Crippen molar-refractivity contribution in [1.29, 1.82) is 0 Å². The number of H-pyrrole nitrogens is 1. The molecule has 0 aliphatic rings. The second-order valence-electron chi connectivity index (χ2n) is 5.54. The quantitative estimate of drug-likeness (QED) is 0.378. The van der Waals surface area contributed by atoms with E-state index in [1.54, 1.807) is 18.2 Å². The molecule has 0 aliphatic carbocycles. The number of hydrogen-bond acceptors (Lipinski definition) is 3. The van der Waals surface area contributed by atoms with Crippen molar-refractivity contribution in [3.63, 3.8) is 0 Å². The Balaban J connectivity index is 1.80. The van der Waals surface area contributed by atoms with Crippen molar-refractivity contribution in [2.24, 2.45) is 5.10 Å². The van der Waals surface area contributed by atoms with Gasteiger partial charge in [0, 0.05) is 15.4 Å². The molecule has 0 atom stereocenters. The Morgan fingerprint density at radius 3 is 2.88 bits per heavy atom. The summed E-state index contributed by atoms with van der Waals surface area (Å²) < 4.78 is 6.18. The maximum atomic E-state index is 12.5. The van der Waals surface area contributed by atoms with Crippen LogP contribution < -0.4 is 10.2 Å². The number of terminal acetylenes is 1. The van der Waals surface area contributed by atoms with Gasteiger partial charge in [0.05, 0.1) is 17.0 Å². The van der Waals surface area contributed by atoms with E-state index in [2.05, 4.69) is 37.4 Å². The molecule has 0 fully saturated rings. The first kappa shape index (κ1) is 17.8. The van der Waals surface area contributed by atoms with Gasteiger partial charge in [0.15, 0.2) is 0 Å². The topological polar surface area (TPSA) is 66.5 Å². The molecule has 1 heterocycles. The number of aromatic amines is 1. The van der Waals surface area contributed by atoms with E-state index >= 15 is 0 Å². The smallest absolute Gasteiger partial charge is 0.275 e. The normalized spacial score (nSPS) is 11.2. The van der Waals surface area contributed by atoms with Crippen LogP contribution in [-0.2, 0) is 0 Å². The van der Waals surface area contributed by atoms with Crippen molar-refractivity contribution >= 4 is 38.5 Å². The van der Waals surface area contributed by atoms with Crippen LogP contribution in [0.3, 0.4) is 0 Å². The molecule has 0 spiro atoms. The lowest BCUT2D eigenvalue weighted by atomic mass is 10.2. The summed E-state index contributed by atoms with van der Waals surface area (Å²) in [6.07, 6.45) is 5.22. The number of rotatable bonds is 5. The molecule has 6 heteroatoms. The fourth-order valence-corrected chi connectivity index (χ4v) is 2.81. The largest absolute Gasteiger partial charge is 0.480 e. The molecule has 0 radical (unpaired) electrons. The summed E-state index contributed by atoms with van der Waals surface area (Å²) in [6, 6.07) is 15.0. The Morgan fingerprint density at radius 1 is 1.31 bits per heavy atom. The number of hydrogen-bond donors (Lipinski definition) is 2. The minimum Gasteiger partial charge on any atom is -0.480 e. The Bertz CT molecular complexity index is 998. The van der Waals surface area contributed by atoms with Gasteiger partial charge in [-0.25, -0.2) is 5.43 Å². The molecule has 26 heavy (non-hydrogen) atoms. The number of nitrogens with one attached hydrogen (secondary N) is 2. The predicted octanol–water partition coefficient (Wildman–Crippen LogP) is 4.10. The Hall–Kier alpha value is -3.04.